The minimum atomic E-state index is 0.301. The number of benzene rings is 2. The summed E-state index contributed by atoms with van der Waals surface area (Å²) in [5, 5.41) is 9.27. The van der Waals surface area contributed by atoms with E-state index in [4.69, 9.17) is 5.73 Å². The summed E-state index contributed by atoms with van der Waals surface area (Å²) in [6.45, 7) is 1.78. The summed E-state index contributed by atoms with van der Waals surface area (Å²) in [5.74, 6) is 0.301. The van der Waals surface area contributed by atoms with Gasteiger partial charge < -0.3 is 15.7 Å². The normalized spacial score (nSPS) is 13.8. The second-order valence-electron chi connectivity index (χ2n) is 4.40. The first kappa shape index (κ1) is 10.0. The Morgan fingerprint density at radius 3 is 2.41 bits per heavy atom. The van der Waals surface area contributed by atoms with E-state index in [0.717, 1.165) is 24.5 Å². The van der Waals surface area contributed by atoms with Crippen molar-refractivity contribution >= 4 is 11.4 Å². The molecule has 2 aromatic rings. The Hall–Kier alpha value is -2.16. The van der Waals surface area contributed by atoms with Gasteiger partial charge >= 0.3 is 0 Å². The Bertz CT molecular complexity index is 549. The number of nitrogens with zero attached hydrogens (tertiary/aromatic N) is 1. The van der Waals surface area contributed by atoms with E-state index in [1.807, 2.05) is 24.3 Å². The Kier molecular flexibility index (Phi) is 2.18. The maximum atomic E-state index is 9.27. The van der Waals surface area contributed by atoms with Crippen LogP contribution in [0.2, 0.25) is 0 Å². The van der Waals surface area contributed by atoms with Gasteiger partial charge in [0.05, 0.1) is 0 Å². The monoisotopic (exact) mass is 226 g/mol. The molecule has 0 fully saturated rings. The molecule has 3 N–H and O–H groups in total. The number of phenolic OH excluding ortho intramolecular Hbond substituents is 1. The summed E-state index contributed by atoms with van der Waals surface area (Å²) < 4.78 is 0. The van der Waals surface area contributed by atoms with Crippen LogP contribution in [0.3, 0.4) is 0 Å². The molecule has 3 rings (SSSR count). The molecule has 1 heterocycles. The van der Waals surface area contributed by atoms with E-state index >= 15 is 0 Å². The Morgan fingerprint density at radius 1 is 0.941 bits per heavy atom. The number of hydrogen-bond donors (Lipinski definition) is 2. The summed E-state index contributed by atoms with van der Waals surface area (Å²) in [4.78, 5) is 2.27. The Morgan fingerprint density at radius 2 is 1.65 bits per heavy atom. The largest absolute Gasteiger partial charge is 0.508 e. The van der Waals surface area contributed by atoms with Gasteiger partial charge in [-0.05, 0) is 47.5 Å². The summed E-state index contributed by atoms with van der Waals surface area (Å²) >= 11 is 0. The quantitative estimate of drug-likeness (QED) is 0.734. The molecule has 0 unspecified atom stereocenters. The average molecular weight is 226 g/mol. The third-order valence-electron chi connectivity index (χ3n) is 3.17. The molecular weight excluding hydrogens is 212 g/mol. The van der Waals surface area contributed by atoms with Crippen LogP contribution in [0.15, 0.2) is 42.5 Å². The zero-order chi connectivity index (χ0) is 11.8. The molecular formula is C14H14N2O. The zero-order valence-electron chi connectivity index (χ0n) is 9.43. The lowest BCUT2D eigenvalue weighted by Crippen LogP contribution is -2.13. The molecule has 2 aromatic carbocycles. The first-order valence-corrected chi connectivity index (χ1v) is 5.63. The molecule has 0 saturated heterocycles. The third-order valence-corrected chi connectivity index (χ3v) is 3.17. The number of nitrogens with two attached hydrogens (primary N) is 1. The second kappa shape index (κ2) is 3.70. The number of fused-ring (bicyclic) bond motifs is 1. The molecule has 0 aromatic heterocycles. The van der Waals surface area contributed by atoms with Crippen molar-refractivity contribution in [3.05, 3.63) is 53.6 Å². The minimum absolute atomic E-state index is 0.301. The smallest absolute Gasteiger partial charge is 0.115 e. The van der Waals surface area contributed by atoms with Crippen LogP contribution in [-0.2, 0) is 13.1 Å². The summed E-state index contributed by atoms with van der Waals surface area (Å²) in [7, 11) is 0. The maximum absolute atomic E-state index is 9.27. The predicted octanol–water partition coefficient (Wildman–Crippen LogP) is 2.49. The van der Waals surface area contributed by atoms with Gasteiger partial charge in [-0.3, -0.25) is 0 Å². The van der Waals surface area contributed by atoms with Crippen LogP contribution in [0.25, 0.3) is 0 Å². The number of rotatable bonds is 1. The SMILES string of the molecule is Nc1ccc2c(c1)CN(c1ccc(O)cc1)C2. The molecule has 86 valence electrons. The van der Waals surface area contributed by atoms with Crippen molar-refractivity contribution in [2.45, 2.75) is 13.1 Å². The molecule has 0 spiro atoms. The molecule has 0 amide bonds. The van der Waals surface area contributed by atoms with Crippen molar-refractivity contribution in [2.75, 3.05) is 10.6 Å². The highest BCUT2D eigenvalue weighted by molar-refractivity contribution is 5.56. The predicted molar refractivity (Wildman–Crippen MR) is 68.8 cm³/mol. The van der Waals surface area contributed by atoms with Crippen molar-refractivity contribution in [3.63, 3.8) is 0 Å². The summed E-state index contributed by atoms with van der Waals surface area (Å²) in [6, 6.07) is 13.4. The van der Waals surface area contributed by atoms with Crippen LogP contribution in [0, 0.1) is 0 Å². The van der Waals surface area contributed by atoms with Crippen molar-refractivity contribution in [1.82, 2.24) is 0 Å². The highest BCUT2D eigenvalue weighted by Gasteiger charge is 2.18. The van der Waals surface area contributed by atoms with Gasteiger partial charge in [0.2, 0.25) is 0 Å². The van der Waals surface area contributed by atoms with Gasteiger partial charge in [0.15, 0.2) is 0 Å². The second-order valence-corrected chi connectivity index (χ2v) is 4.40. The number of phenols is 1. The van der Waals surface area contributed by atoms with E-state index in [2.05, 4.69) is 11.0 Å². The first-order valence-electron chi connectivity index (χ1n) is 5.63. The van der Waals surface area contributed by atoms with Gasteiger partial charge in [-0.15, -0.1) is 0 Å². The van der Waals surface area contributed by atoms with Crippen LogP contribution in [0.1, 0.15) is 11.1 Å². The first-order chi connectivity index (χ1) is 8.22. The van der Waals surface area contributed by atoms with Gasteiger partial charge in [-0.1, -0.05) is 6.07 Å². The molecule has 1 aliphatic heterocycles. The molecule has 0 aliphatic carbocycles. The van der Waals surface area contributed by atoms with E-state index in [9.17, 15) is 5.11 Å². The number of nitrogen functional groups attached to an aromatic ring is 1. The molecule has 3 heteroatoms. The molecule has 3 nitrogen and oxygen atoms in total. The molecule has 17 heavy (non-hydrogen) atoms. The number of hydrogen-bond acceptors (Lipinski definition) is 3. The summed E-state index contributed by atoms with van der Waals surface area (Å²) in [6.07, 6.45) is 0. The molecule has 0 atom stereocenters. The number of anilines is 2. The van der Waals surface area contributed by atoms with Crippen molar-refractivity contribution in [1.29, 1.82) is 0 Å². The molecule has 0 saturated carbocycles. The zero-order valence-corrected chi connectivity index (χ0v) is 9.43. The average Bonchev–Trinajstić information content (AvgIpc) is 2.72. The van der Waals surface area contributed by atoms with E-state index in [-0.39, 0.29) is 0 Å². The van der Waals surface area contributed by atoms with E-state index < -0.39 is 0 Å². The molecule has 0 bridgehead atoms. The van der Waals surface area contributed by atoms with Gasteiger partial charge in [0.25, 0.3) is 0 Å². The van der Waals surface area contributed by atoms with Gasteiger partial charge in [0.1, 0.15) is 5.75 Å². The lowest BCUT2D eigenvalue weighted by Gasteiger charge is -2.17. The van der Waals surface area contributed by atoms with Crippen LogP contribution in [0.4, 0.5) is 11.4 Å². The fourth-order valence-electron chi connectivity index (χ4n) is 2.26. The maximum Gasteiger partial charge on any atom is 0.115 e. The van der Waals surface area contributed by atoms with Crippen LogP contribution in [-0.4, -0.2) is 5.11 Å². The minimum Gasteiger partial charge on any atom is -0.508 e. The fraction of sp³-hybridized carbons (Fsp3) is 0.143. The lowest BCUT2D eigenvalue weighted by molar-refractivity contribution is 0.475. The number of aromatic hydroxyl groups is 1. The van der Waals surface area contributed by atoms with Crippen molar-refractivity contribution in [2.24, 2.45) is 0 Å². The third kappa shape index (κ3) is 1.80. The Labute approximate surface area is 100 Å². The van der Waals surface area contributed by atoms with Crippen molar-refractivity contribution < 1.29 is 5.11 Å². The van der Waals surface area contributed by atoms with Crippen LogP contribution < -0.4 is 10.6 Å². The summed E-state index contributed by atoms with van der Waals surface area (Å²) in [5.41, 5.74) is 10.3. The molecule has 0 radical (unpaired) electrons. The van der Waals surface area contributed by atoms with Crippen LogP contribution in [0.5, 0.6) is 5.75 Å². The molecule has 1 aliphatic rings. The van der Waals surface area contributed by atoms with Gasteiger partial charge in [-0.25, -0.2) is 0 Å². The van der Waals surface area contributed by atoms with Crippen molar-refractivity contribution in [3.8, 4) is 5.75 Å². The lowest BCUT2D eigenvalue weighted by atomic mass is 10.1. The van der Waals surface area contributed by atoms with E-state index in [0.29, 0.717) is 5.75 Å². The fourth-order valence-corrected chi connectivity index (χ4v) is 2.26. The van der Waals surface area contributed by atoms with E-state index in [1.165, 1.54) is 11.1 Å². The van der Waals surface area contributed by atoms with Gasteiger partial charge in [0, 0.05) is 24.5 Å². The Balaban J connectivity index is 1.88. The topological polar surface area (TPSA) is 49.5 Å². The van der Waals surface area contributed by atoms with E-state index in [1.54, 1.807) is 12.1 Å². The standard InChI is InChI=1S/C14H14N2O/c15-12-2-1-10-8-16(9-11(10)7-12)13-3-5-14(17)6-4-13/h1-7,17H,8-9,15H2. The van der Waals surface area contributed by atoms with Gasteiger partial charge in [-0.2, -0.15) is 0 Å². The highest BCUT2D eigenvalue weighted by atomic mass is 16.3. The highest BCUT2D eigenvalue weighted by Crippen LogP contribution is 2.30. The van der Waals surface area contributed by atoms with Crippen LogP contribution >= 0.6 is 0 Å².